The Labute approximate surface area is 247 Å². The number of carbonyl (C=O) groups is 3. The summed E-state index contributed by atoms with van der Waals surface area (Å²) >= 11 is 0. The van der Waals surface area contributed by atoms with Crippen LogP contribution in [0.15, 0.2) is 40.6 Å². The average Bonchev–Trinajstić information content (AvgIpc) is 3.39. The molecule has 2 aliphatic heterocycles. The molecule has 1 amide bonds. The monoisotopic (exact) mass is 588 g/mol. The van der Waals surface area contributed by atoms with Gasteiger partial charge in [0, 0.05) is 39.0 Å². The summed E-state index contributed by atoms with van der Waals surface area (Å²) in [7, 11) is 2.98. The second-order valence-electron chi connectivity index (χ2n) is 10.6. The molecule has 1 aromatic heterocycles. The smallest absolute Gasteiger partial charge is 0.407 e. The molecule has 2 bridgehead atoms. The van der Waals surface area contributed by atoms with Gasteiger partial charge in [0.15, 0.2) is 0 Å². The van der Waals surface area contributed by atoms with Gasteiger partial charge in [0.05, 0.1) is 37.5 Å². The van der Waals surface area contributed by atoms with Gasteiger partial charge in [-0.1, -0.05) is 37.1 Å². The zero-order valence-electron chi connectivity index (χ0n) is 25.0. The van der Waals surface area contributed by atoms with E-state index < -0.39 is 18.2 Å². The zero-order chi connectivity index (χ0) is 30.3. The van der Waals surface area contributed by atoms with Gasteiger partial charge >= 0.3 is 18.0 Å². The lowest BCUT2D eigenvalue weighted by molar-refractivity contribution is -0.163. The highest BCUT2D eigenvalue weighted by atomic mass is 16.6. The molecule has 0 unspecified atom stereocenters. The van der Waals surface area contributed by atoms with Crippen molar-refractivity contribution in [2.75, 3.05) is 20.8 Å². The molecule has 0 radical (unpaired) electrons. The van der Waals surface area contributed by atoms with Crippen molar-refractivity contribution in [1.82, 2.24) is 10.3 Å². The van der Waals surface area contributed by atoms with Gasteiger partial charge in [-0.3, -0.25) is 4.79 Å². The van der Waals surface area contributed by atoms with E-state index in [1.54, 1.807) is 31.6 Å². The van der Waals surface area contributed by atoms with Crippen molar-refractivity contribution in [3.8, 4) is 0 Å². The Balaban J connectivity index is 1.51. The minimum Gasteiger partial charge on any atom is -0.462 e. The van der Waals surface area contributed by atoms with E-state index >= 15 is 0 Å². The SMILES string of the molecule is CCC[C@@H]1C[C@H](OC)C/C(C)=C\[C@@H]2C[C@H](OC(=O)/C=C/CCc3coc(/C=C/CNC(=O)OC)n3)C[C@H](CC(=O)O1)O2. The van der Waals surface area contributed by atoms with Crippen molar-refractivity contribution < 1.29 is 42.5 Å². The fourth-order valence-electron chi connectivity index (χ4n) is 5.11. The second kappa shape index (κ2) is 17.5. The van der Waals surface area contributed by atoms with Gasteiger partial charge in [0.2, 0.25) is 5.89 Å². The van der Waals surface area contributed by atoms with Crippen LogP contribution in [0.2, 0.25) is 0 Å². The van der Waals surface area contributed by atoms with Crippen LogP contribution < -0.4 is 5.32 Å². The van der Waals surface area contributed by atoms with Crippen LogP contribution in [0.1, 0.15) is 76.8 Å². The Bertz CT molecular complexity index is 1110. The molecule has 2 aliphatic rings. The summed E-state index contributed by atoms with van der Waals surface area (Å²) in [6.45, 7) is 4.40. The van der Waals surface area contributed by atoms with E-state index in [1.165, 1.54) is 13.2 Å². The molecule has 1 N–H and O–H groups in total. The zero-order valence-corrected chi connectivity index (χ0v) is 25.0. The number of methoxy groups -OCH3 is 2. The van der Waals surface area contributed by atoms with E-state index in [0.29, 0.717) is 44.4 Å². The highest BCUT2D eigenvalue weighted by molar-refractivity contribution is 5.82. The number of carbonyl (C=O) groups excluding carboxylic acids is 3. The van der Waals surface area contributed by atoms with Gasteiger partial charge in [-0.25, -0.2) is 14.6 Å². The molecule has 232 valence electrons. The third-order valence-electron chi connectivity index (χ3n) is 7.05. The van der Waals surface area contributed by atoms with E-state index in [4.69, 9.17) is 23.4 Å². The number of hydrogen-bond donors (Lipinski definition) is 1. The van der Waals surface area contributed by atoms with Gasteiger partial charge in [-0.05, 0) is 38.7 Å². The Hall–Kier alpha value is -3.44. The predicted molar refractivity (Wildman–Crippen MR) is 154 cm³/mol. The number of allylic oxidation sites excluding steroid dienone is 1. The molecule has 5 atom stereocenters. The van der Waals surface area contributed by atoms with E-state index in [9.17, 15) is 14.4 Å². The largest absolute Gasteiger partial charge is 0.462 e. The first-order chi connectivity index (χ1) is 20.3. The molecular weight excluding hydrogens is 544 g/mol. The Kier molecular flexibility index (Phi) is 13.8. The summed E-state index contributed by atoms with van der Waals surface area (Å²) in [5, 5.41) is 2.53. The Morgan fingerprint density at radius 3 is 2.74 bits per heavy atom. The lowest BCUT2D eigenvalue weighted by Crippen LogP contribution is -2.39. The molecule has 3 rings (SSSR count). The summed E-state index contributed by atoms with van der Waals surface area (Å²) in [5.74, 6) is -0.320. The van der Waals surface area contributed by atoms with Gasteiger partial charge in [0.25, 0.3) is 0 Å². The molecule has 3 heterocycles. The molecule has 0 saturated carbocycles. The summed E-state index contributed by atoms with van der Waals surface area (Å²) in [4.78, 5) is 40.8. The second-order valence-corrected chi connectivity index (χ2v) is 10.6. The number of cyclic esters (lactones) is 1. The maximum Gasteiger partial charge on any atom is 0.407 e. The summed E-state index contributed by atoms with van der Waals surface area (Å²) in [6, 6.07) is 0. The van der Waals surface area contributed by atoms with Crippen LogP contribution in [0.4, 0.5) is 4.79 Å². The molecule has 0 spiro atoms. The summed E-state index contributed by atoms with van der Waals surface area (Å²) in [6.07, 6.45) is 13.6. The number of nitrogens with zero attached hydrogens (tertiary/aromatic N) is 1. The van der Waals surface area contributed by atoms with Crippen molar-refractivity contribution in [1.29, 1.82) is 0 Å². The summed E-state index contributed by atoms with van der Waals surface area (Å²) < 4.78 is 33.3. The van der Waals surface area contributed by atoms with Gasteiger partial charge in [-0.15, -0.1) is 0 Å². The molecule has 1 aromatic rings. The van der Waals surface area contributed by atoms with Crippen molar-refractivity contribution in [3.63, 3.8) is 0 Å². The van der Waals surface area contributed by atoms with Crippen LogP contribution in [-0.4, -0.2) is 74.3 Å². The fraction of sp³-hybridized carbons (Fsp3) is 0.613. The molecular formula is C31H44N2O9. The molecule has 42 heavy (non-hydrogen) atoms. The number of aromatic nitrogens is 1. The minimum absolute atomic E-state index is 0.0567. The van der Waals surface area contributed by atoms with Crippen LogP contribution in [0.25, 0.3) is 6.08 Å². The molecule has 1 saturated heterocycles. The topological polar surface area (TPSA) is 135 Å². The highest BCUT2D eigenvalue weighted by Crippen LogP contribution is 2.29. The lowest BCUT2D eigenvalue weighted by Gasteiger charge is -2.34. The lowest BCUT2D eigenvalue weighted by atomic mass is 9.95. The molecule has 1 fully saturated rings. The van der Waals surface area contributed by atoms with E-state index in [1.807, 2.05) is 6.92 Å². The third-order valence-corrected chi connectivity index (χ3v) is 7.05. The van der Waals surface area contributed by atoms with E-state index in [-0.39, 0.29) is 43.4 Å². The van der Waals surface area contributed by atoms with Crippen molar-refractivity contribution >= 4 is 24.1 Å². The predicted octanol–water partition coefficient (Wildman–Crippen LogP) is 4.85. The number of esters is 2. The van der Waals surface area contributed by atoms with Crippen molar-refractivity contribution in [2.45, 2.75) is 102 Å². The van der Waals surface area contributed by atoms with Crippen LogP contribution in [-0.2, 0) is 39.7 Å². The fourth-order valence-corrected chi connectivity index (χ4v) is 5.11. The Morgan fingerprint density at radius 1 is 1.14 bits per heavy atom. The van der Waals surface area contributed by atoms with Gasteiger partial charge in [-0.2, -0.15) is 0 Å². The number of hydrogen-bond acceptors (Lipinski definition) is 10. The molecule has 0 aliphatic carbocycles. The van der Waals surface area contributed by atoms with E-state index in [2.05, 4.69) is 28.0 Å². The number of rotatable bonds is 11. The minimum atomic E-state index is -0.516. The third kappa shape index (κ3) is 11.8. The molecule has 11 heteroatoms. The normalized spacial score (nSPS) is 26.5. The van der Waals surface area contributed by atoms with E-state index in [0.717, 1.165) is 24.1 Å². The number of oxazole rings is 1. The maximum atomic E-state index is 12.8. The first-order valence-corrected chi connectivity index (χ1v) is 14.6. The number of alkyl carbamates (subject to hydrolysis) is 1. The van der Waals surface area contributed by atoms with Gasteiger partial charge < -0.3 is 33.4 Å². The highest BCUT2D eigenvalue weighted by Gasteiger charge is 2.33. The standard InChI is InChI=1S/C31H44N2O9/c1-5-9-23-16-24(37-3)14-21(2)15-25-17-26(18-27(40-25)19-30(35)41-23)42-29(34)12-7-6-10-22-20-39-28(33-22)11-8-13-32-31(36)38-4/h7-8,11-12,15,20,23-27H,5-6,9-10,13-14,16-19H2,1-4H3,(H,32,36)/b11-8+,12-7+,21-15-/t23-,24-,25-,26+,27-/m1/s1. The average molecular weight is 589 g/mol. The van der Waals surface area contributed by atoms with Crippen molar-refractivity contribution in [3.05, 3.63) is 47.7 Å². The molecule has 11 nitrogen and oxygen atoms in total. The first-order valence-electron chi connectivity index (χ1n) is 14.6. The first kappa shape index (κ1) is 33.1. The van der Waals surface area contributed by atoms with Crippen molar-refractivity contribution in [2.24, 2.45) is 0 Å². The number of ether oxygens (including phenoxy) is 5. The number of aryl methyl sites for hydroxylation is 1. The maximum absolute atomic E-state index is 12.8. The van der Waals surface area contributed by atoms with Gasteiger partial charge in [0.1, 0.15) is 18.5 Å². The number of nitrogens with one attached hydrogen (secondary N) is 1. The number of amides is 1. The van der Waals surface area contributed by atoms with Crippen LogP contribution in [0, 0.1) is 0 Å². The van der Waals surface area contributed by atoms with Crippen LogP contribution in [0.3, 0.4) is 0 Å². The summed E-state index contributed by atoms with van der Waals surface area (Å²) in [5.41, 5.74) is 1.87. The Morgan fingerprint density at radius 2 is 1.98 bits per heavy atom. The quantitative estimate of drug-likeness (QED) is 0.165. The molecule has 0 aromatic carbocycles. The van der Waals surface area contributed by atoms with Crippen LogP contribution >= 0.6 is 0 Å². The number of fused-ring (bicyclic) bond motifs is 2. The van der Waals surface area contributed by atoms with Crippen LogP contribution in [0.5, 0.6) is 0 Å².